The fourth-order valence-electron chi connectivity index (χ4n) is 3.77. The van der Waals surface area contributed by atoms with E-state index in [1.165, 1.54) is 24.3 Å². The van der Waals surface area contributed by atoms with Gasteiger partial charge in [-0.1, -0.05) is 41.0 Å². The van der Waals surface area contributed by atoms with E-state index in [4.69, 9.17) is 11.6 Å². The number of oxime groups is 1. The molecule has 188 valence electrons. The first-order valence-electron chi connectivity index (χ1n) is 10.7. The van der Waals surface area contributed by atoms with Crippen molar-refractivity contribution in [2.75, 3.05) is 18.4 Å². The van der Waals surface area contributed by atoms with Gasteiger partial charge >= 0.3 is 0 Å². The first-order chi connectivity index (χ1) is 17.2. The Balaban J connectivity index is 1.51. The Kier molecular flexibility index (Phi) is 7.62. The Morgan fingerprint density at radius 3 is 2.53 bits per heavy atom. The molecule has 0 saturated carbocycles. The molecule has 1 heterocycles. The Morgan fingerprint density at radius 1 is 1.08 bits per heavy atom. The Labute approximate surface area is 210 Å². The number of nitrogens with zero attached hydrogens (tertiary/aromatic N) is 2. The molecule has 3 aromatic rings. The molecule has 0 aromatic heterocycles. The molecule has 0 fully saturated rings. The smallest absolute Gasteiger partial charge is 0.240 e. The van der Waals surface area contributed by atoms with Gasteiger partial charge in [0, 0.05) is 24.9 Å². The normalized spacial score (nSPS) is 14.7. The zero-order valence-electron chi connectivity index (χ0n) is 18.6. The van der Waals surface area contributed by atoms with Crippen LogP contribution in [-0.4, -0.2) is 38.3 Å². The van der Waals surface area contributed by atoms with Gasteiger partial charge in [-0.2, -0.15) is 0 Å². The molecule has 3 aromatic carbocycles. The minimum Gasteiger partial charge on any atom is -0.411 e. The van der Waals surface area contributed by atoms with E-state index in [9.17, 15) is 26.8 Å². The largest absolute Gasteiger partial charge is 0.411 e. The zero-order chi connectivity index (χ0) is 25.9. The van der Waals surface area contributed by atoms with Gasteiger partial charge < -0.3 is 10.5 Å². The lowest BCUT2D eigenvalue weighted by Crippen LogP contribution is -2.26. The van der Waals surface area contributed by atoms with Crippen LogP contribution in [0.15, 0.2) is 69.6 Å². The summed E-state index contributed by atoms with van der Waals surface area (Å²) < 4.78 is 69.4. The molecule has 0 bridgehead atoms. The number of benzene rings is 3. The van der Waals surface area contributed by atoms with Crippen LogP contribution in [0, 0.1) is 17.5 Å². The lowest BCUT2D eigenvalue weighted by Gasteiger charge is -2.11. The van der Waals surface area contributed by atoms with Gasteiger partial charge in [-0.3, -0.25) is 4.99 Å². The standard InChI is InChI=1S/C24H20ClF3N4O3S/c25-18-10-14(6-7-19(18)26)11-21(32-33)16-12-20(27)23(28)24-17(16)13-22(31-24)29-8-9-30-36(34,35)15-4-2-1-3-5-15/h1-7,10,12,30,33H,8-9,11,13H2,(H,29,31)/b32-21+. The van der Waals surface area contributed by atoms with Crippen LogP contribution >= 0.6 is 11.6 Å². The van der Waals surface area contributed by atoms with Crippen molar-refractivity contribution in [3.8, 4) is 0 Å². The summed E-state index contributed by atoms with van der Waals surface area (Å²) >= 11 is 5.81. The van der Waals surface area contributed by atoms with Crippen LogP contribution in [0.1, 0.15) is 16.7 Å². The quantitative estimate of drug-likeness (QED) is 0.170. The maximum absolute atomic E-state index is 14.5. The summed E-state index contributed by atoms with van der Waals surface area (Å²) in [6, 6.07) is 12.7. The van der Waals surface area contributed by atoms with Crippen LogP contribution in [0.25, 0.3) is 0 Å². The van der Waals surface area contributed by atoms with E-state index < -0.39 is 27.5 Å². The molecule has 0 spiro atoms. The van der Waals surface area contributed by atoms with E-state index in [1.807, 2.05) is 0 Å². The minimum atomic E-state index is -3.70. The molecule has 0 amide bonds. The molecule has 36 heavy (non-hydrogen) atoms. The number of halogens is 4. The molecule has 0 saturated heterocycles. The van der Waals surface area contributed by atoms with Crippen LogP contribution < -0.4 is 10.0 Å². The number of rotatable bonds is 8. The molecule has 0 aliphatic carbocycles. The summed E-state index contributed by atoms with van der Waals surface area (Å²) in [5.74, 6) is -2.61. The lowest BCUT2D eigenvalue weighted by atomic mass is 9.95. The summed E-state index contributed by atoms with van der Waals surface area (Å²) in [6.07, 6.45) is 0.0399. The zero-order valence-corrected chi connectivity index (χ0v) is 20.2. The van der Waals surface area contributed by atoms with Gasteiger partial charge in [-0.15, -0.1) is 0 Å². The van der Waals surface area contributed by atoms with Crippen LogP contribution in [0.4, 0.5) is 18.9 Å². The van der Waals surface area contributed by atoms with Crippen LogP contribution in [0.5, 0.6) is 0 Å². The summed E-state index contributed by atoms with van der Waals surface area (Å²) in [5.41, 5.74) is 0.837. The Hall–Kier alpha value is -3.41. The van der Waals surface area contributed by atoms with Crippen molar-refractivity contribution >= 4 is 38.9 Å². The maximum atomic E-state index is 14.5. The number of fused-ring (bicyclic) bond motifs is 1. The highest BCUT2D eigenvalue weighted by molar-refractivity contribution is 7.89. The number of hydrogen-bond donors (Lipinski definition) is 3. The van der Waals surface area contributed by atoms with E-state index in [2.05, 4.69) is 20.2 Å². The molecule has 0 atom stereocenters. The number of aliphatic imine (C=N–C) groups is 1. The van der Waals surface area contributed by atoms with E-state index in [-0.39, 0.29) is 58.6 Å². The molecular formula is C24H20ClF3N4O3S. The van der Waals surface area contributed by atoms with Crippen LogP contribution in [-0.2, 0) is 22.9 Å². The van der Waals surface area contributed by atoms with Crippen LogP contribution in [0.3, 0.4) is 0 Å². The minimum absolute atomic E-state index is 0.0167. The van der Waals surface area contributed by atoms with Gasteiger partial charge in [0.25, 0.3) is 0 Å². The highest BCUT2D eigenvalue weighted by atomic mass is 35.5. The highest BCUT2D eigenvalue weighted by Crippen LogP contribution is 2.33. The number of sulfonamides is 1. The molecule has 4 rings (SSSR count). The number of anilines is 1. The second-order valence-electron chi connectivity index (χ2n) is 7.89. The van der Waals surface area contributed by atoms with E-state index in [1.54, 1.807) is 18.2 Å². The van der Waals surface area contributed by atoms with Crippen LogP contribution in [0.2, 0.25) is 5.02 Å². The SMILES string of the molecule is O=S(=O)(NCCN=C1Cc2c(/C(Cc3ccc(F)c(Cl)c3)=N/O)cc(F)c(F)c2N1)c1ccccc1. The highest BCUT2D eigenvalue weighted by Gasteiger charge is 2.28. The first-order valence-corrected chi connectivity index (χ1v) is 12.6. The summed E-state index contributed by atoms with van der Waals surface area (Å²) in [7, 11) is -3.70. The summed E-state index contributed by atoms with van der Waals surface area (Å²) in [5, 5.41) is 15.5. The van der Waals surface area contributed by atoms with Crippen molar-refractivity contribution < 1.29 is 26.8 Å². The topological polar surface area (TPSA) is 103 Å². The lowest BCUT2D eigenvalue weighted by molar-refractivity contribution is 0.318. The van der Waals surface area contributed by atoms with Gasteiger partial charge in [0.05, 0.1) is 27.9 Å². The third-order valence-corrected chi connectivity index (χ3v) is 7.25. The number of amidine groups is 1. The number of nitrogens with one attached hydrogen (secondary N) is 2. The van der Waals surface area contributed by atoms with Crippen molar-refractivity contribution in [3.63, 3.8) is 0 Å². The fourth-order valence-corrected chi connectivity index (χ4v) is 5.01. The summed E-state index contributed by atoms with van der Waals surface area (Å²) in [6.45, 7) is 0.0218. The van der Waals surface area contributed by atoms with Crippen molar-refractivity contribution in [1.29, 1.82) is 0 Å². The Bertz CT molecular complexity index is 1470. The average Bonchev–Trinajstić information content (AvgIpc) is 3.30. The van der Waals surface area contributed by atoms with E-state index >= 15 is 0 Å². The number of hydrogen-bond acceptors (Lipinski definition) is 5. The second-order valence-corrected chi connectivity index (χ2v) is 10.1. The molecule has 7 nitrogen and oxygen atoms in total. The molecule has 1 aliphatic rings. The molecule has 1 aliphatic heterocycles. The first kappa shape index (κ1) is 25.7. The van der Waals surface area contributed by atoms with E-state index in [0.717, 1.165) is 12.1 Å². The van der Waals surface area contributed by atoms with Gasteiger partial charge in [0.15, 0.2) is 11.6 Å². The van der Waals surface area contributed by atoms with Crippen molar-refractivity contribution in [2.24, 2.45) is 10.1 Å². The maximum Gasteiger partial charge on any atom is 0.240 e. The molecule has 12 heteroatoms. The average molecular weight is 537 g/mol. The monoisotopic (exact) mass is 536 g/mol. The second kappa shape index (κ2) is 10.7. The third kappa shape index (κ3) is 5.53. The Morgan fingerprint density at radius 2 is 1.83 bits per heavy atom. The predicted molar refractivity (Wildman–Crippen MR) is 131 cm³/mol. The summed E-state index contributed by atoms with van der Waals surface area (Å²) in [4.78, 5) is 4.38. The molecule has 3 N–H and O–H groups in total. The van der Waals surface area contributed by atoms with Gasteiger partial charge in [0.2, 0.25) is 10.0 Å². The third-order valence-electron chi connectivity index (χ3n) is 5.49. The molecular weight excluding hydrogens is 517 g/mol. The van der Waals surface area contributed by atoms with Crippen molar-refractivity contribution in [1.82, 2.24) is 4.72 Å². The van der Waals surface area contributed by atoms with Crippen molar-refractivity contribution in [2.45, 2.75) is 17.7 Å². The predicted octanol–water partition coefficient (Wildman–Crippen LogP) is 4.52. The van der Waals surface area contributed by atoms with Gasteiger partial charge in [0.1, 0.15) is 11.7 Å². The van der Waals surface area contributed by atoms with E-state index in [0.29, 0.717) is 11.1 Å². The molecule has 0 radical (unpaired) electrons. The van der Waals surface area contributed by atoms with Gasteiger partial charge in [-0.05, 0) is 41.5 Å². The van der Waals surface area contributed by atoms with Crippen molar-refractivity contribution in [3.05, 3.63) is 93.8 Å². The molecule has 0 unspecified atom stereocenters. The fraction of sp³-hybridized carbons (Fsp3) is 0.167. The van der Waals surface area contributed by atoms with Gasteiger partial charge in [-0.25, -0.2) is 26.3 Å².